The van der Waals surface area contributed by atoms with E-state index in [1.165, 1.54) is 13.2 Å². The van der Waals surface area contributed by atoms with E-state index in [0.29, 0.717) is 24.1 Å². The van der Waals surface area contributed by atoms with Crippen LogP contribution in [-0.4, -0.2) is 38.4 Å². The highest BCUT2D eigenvalue weighted by atomic mass is 32.2. The van der Waals surface area contributed by atoms with Crippen molar-refractivity contribution in [1.82, 2.24) is 0 Å². The lowest BCUT2D eigenvalue weighted by molar-refractivity contribution is -0.116. The quantitative estimate of drug-likeness (QED) is 0.852. The molecule has 1 aliphatic rings. The molecule has 1 aromatic rings. The molecule has 0 saturated carbocycles. The average molecular weight is 311 g/mol. The van der Waals surface area contributed by atoms with Crippen LogP contribution in [0.1, 0.15) is 29.6 Å². The summed E-state index contributed by atoms with van der Waals surface area (Å²) in [6.07, 6.45) is 1.66. The number of methoxy groups -OCH3 is 1. The molecule has 21 heavy (non-hydrogen) atoms. The lowest BCUT2D eigenvalue weighted by Crippen LogP contribution is -2.39. The number of carbonyl (C=O) groups is 2. The molecule has 0 spiro atoms. The minimum absolute atomic E-state index is 0.0489. The van der Waals surface area contributed by atoms with Gasteiger partial charge in [-0.25, -0.2) is 13.2 Å². The molecule has 2 rings (SSSR count). The predicted molar refractivity (Wildman–Crippen MR) is 77.8 cm³/mol. The first kappa shape index (κ1) is 15.5. The molecule has 0 aliphatic carbocycles. The maximum atomic E-state index is 12.1. The number of anilines is 1. The van der Waals surface area contributed by atoms with E-state index in [4.69, 9.17) is 0 Å². The van der Waals surface area contributed by atoms with E-state index < -0.39 is 27.0 Å². The van der Waals surface area contributed by atoms with Crippen LogP contribution in [0.4, 0.5) is 5.69 Å². The molecule has 0 aromatic heterocycles. The lowest BCUT2D eigenvalue weighted by atomic mass is 10.1. The van der Waals surface area contributed by atoms with Gasteiger partial charge in [0.25, 0.3) is 0 Å². The van der Waals surface area contributed by atoms with Gasteiger partial charge < -0.3 is 10.1 Å². The highest BCUT2D eigenvalue weighted by Gasteiger charge is 2.34. The third kappa shape index (κ3) is 3.60. The summed E-state index contributed by atoms with van der Waals surface area (Å²) in [6.45, 7) is 0. The maximum absolute atomic E-state index is 12.1. The normalized spacial score (nSPS) is 20.5. The van der Waals surface area contributed by atoms with Gasteiger partial charge in [0.15, 0.2) is 9.84 Å². The Morgan fingerprint density at radius 3 is 2.71 bits per heavy atom. The summed E-state index contributed by atoms with van der Waals surface area (Å²) in [6, 6.07) is 6.20. The Hall–Kier alpha value is -1.89. The van der Waals surface area contributed by atoms with Crippen molar-refractivity contribution >= 4 is 27.4 Å². The van der Waals surface area contributed by atoms with Crippen LogP contribution in [0.25, 0.3) is 0 Å². The van der Waals surface area contributed by atoms with E-state index in [9.17, 15) is 18.0 Å². The number of ether oxygens (including phenoxy) is 1. The second kappa shape index (κ2) is 6.26. The monoisotopic (exact) mass is 311 g/mol. The summed E-state index contributed by atoms with van der Waals surface area (Å²) < 4.78 is 28.4. The Morgan fingerprint density at radius 1 is 1.29 bits per heavy atom. The molecule has 6 nitrogen and oxygen atoms in total. The molecular formula is C14H17NO5S. The summed E-state index contributed by atoms with van der Waals surface area (Å²) in [7, 11) is -2.11. The van der Waals surface area contributed by atoms with Crippen LogP contribution in [0.5, 0.6) is 0 Å². The SMILES string of the molecule is COC(=O)c1cccc(NC(=O)C2CCCCS2(=O)=O)c1. The van der Waals surface area contributed by atoms with Gasteiger partial charge in [-0.3, -0.25) is 4.79 Å². The summed E-state index contributed by atoms with van der Waals surface area (Å²) in [5.74, 6) is -1.01. The number of hydrogen-bond donors (Lipinski definition) is 1. The zero-order valence-electron chi connectivity index (χ0n) is 11.7. The maximum Gasteiger partial charge on any atom is 0.337 e. The van der Waals surface area contributed by atoms with Crippen molar-refractivity contribution in [3.63, 3.8) is 0 Å². The number of rotatable bonds is 3. The Labute approximate surface area is 123 Å². The van der Waals surface area contributed by atoms with Crippen LogP contribution < -0.4 is 5.32 Å². The van der Waals surface area contributed by atoms with Crippen molar-refractivity contribution in [3.05, 3.63) is 29.8 Å². The second-order valence-corrected chi connectivity index (χ2v) is 7.22. The molecule has 1 fully saturated rings. The van der Waals surface area contributed by atoms with Crippen molar-refractivity contribution in [3.8, 4) is 0 Å². The number of benzene rings is 1. The third-order valence-electron chi connectivity index (χ3n) is 3.42. The van der Waals surface area contributed by atoms with Crippen LogP contribution in [0.3, 0.4) is 0 Å². The van der Waals surface area contributed by atoms with Crippen LogP contribution in [0.2, 0.25) is 0 Å². The van der Waals surface area contributed by atoms with Gasteiger partial charge in [0, 0.05) is 5.69 Å². The first-order valence-electron chi connectivity index (χ1n) is 6.65. The molecule has 1 N–H and O–H groups in total. The van der Waals surface area contributed by atoms with Gasteiger partial charge >= 0.3 is 5.97 Å². The van der Waals surface area contributed by atoms with Gasteiger partial charge in [-0.05, 0) is 31.0 Å². The number of amides is 1. The molecule has 7 heteroatoms. The van der Waals surface area contributed by atoms with Gasteiger partial charge in [-0.15, -0.1) is 0 Å². The van der Waals surface area contributed by atoms with Crippen molar-refractivity contribution in [2.75, 3.05) is 18.2 Å². The van der Waals surface area contributed by atoms with Gasteiger partial charge in [0.2, 0.25) is 5.91 Å². The molecule has 1 aromatic carbocycles. The van der Waals surface area contributed by atoms with Crippen LogP contribution in [0.15, 0.2) is 24.3 Å². The zero-order valence-corrected chi connectivity index (χ0v) is 12.5. The number of esters is 1. The highest BCUT2D eigenvalue weighted by molar-refractivity contribution is 7.92. The van der Waals surface area contributed by atoms with Gasteiger partial charge in [0.1, 0.15) is 5.25 Å². The minimum atomic E-state index is -3.38. The molecule has 1 saturated heterocycles. The van der Waals surface area contributed by atoms with Crippen molar-refractivity contribution in [2.24, 2.45) is 0 Å². The fourth-order valence-electron chi connectivity index (χ4n) is 2.31. The lowest BCUT2D eigenvalue weighted by Gasteiger charge is -2.21. The molecular weight excluding hydrogens is 294 g/mol. The van der Waals surface area contributed by atoms with Gasteiger partial charge in [0.05, 0.1) is 18.4 Å². The number of hydrogen-bond acceptors (Lipinski definition) is 5. The van der Waals surface area contributed by atoms with Crippen LogP contribution in [-0.2, 0) is 19.4 Å². The van der Waals surface area contributed by atoms with Gasteiger partial charge in [-0.1, -0.05) is 12.5 Å². The Kier molecular flexibility index (Phi) is 4.62. The summed E-state index contributed by atoms with van der Waals surface area (Å²) in [5, 5.41) is 1.55. The van der Waals surface area contributed by atoms with Crippen molar-refractivity contribution in [1.29, 1.82) is 0 Å². The molecule has 1 aliphatic heterocycles. The first-order chi connectivity index (χ1) is 9.94. The topological polar surface area (TPSA) is 89.5 Å². The largest absolute Gasteiger partial charge is 0.465 e. The Balaban J connectivity index is 2.14. The van der Waals surface area contributed by atoms with E-state index in [1.807, 2.05) is 0 Å². The van der Waals surface area contributed by atoms with E-state index >= 15 is 0 Å². The fourth-order valence-corrected chi connectivity index (χ4v) is 4.12. The second-order valence-electron chi connectivity index (χ2n) is 4.91. The third-order valence-corrected chi connectivity index (χ3v) is 5.60. The van der Waals surface area contributed by atoms with Crippen LogP contribution in [0, 0.1) is 0 Å². The minimum Gasteiger partial charge on any atom is -0.465 e. The fraction of sp³-hybridized carbons (Fsp3) is 0.429. The Bertz CT molecular complexity index is 653. The van der Waals surface area contributed by atoms with E-state index in [1.54, 1.807) is 18.2 Å². The smallest absolute Gasteiger partial charge is 0.337 e. The molecule has 1 atom stereocenters. The number of carbonyl (C=O) groups excluding carboxylic acids is 2. The number of nitrogens with one attached hydrogen (secondary N) is 1. The summed E-state index contributed by atoms with van der Waals surface area (Å²) >= 11 is 0. The molecule has 1 unspecified atom stereocenters. The van der Waals surface area contributed by atoms with E-state index in [-0.39, 0.29) is 5.75 Å². The van der Waals surface area contributed by atoms with E-state index in [0.717, 1.165) is 6.42 Å². The summed E-state index contributed by atoms with van der Waals surface area (Å²) in [4.78, 5) is 23.6. The van der Waals surface area contributed by atoms with Crippen molar-refractivity contribution in [2.45, 2.75) is 24.5 Å². The summed E-state index contributed by atoms with van der Waals surface area (Å²) in [5.41, 5.74) is 0.672. The van der Waals surface area contributed by atoms with Gasteiger partial charge in [-0.2, -0.15) is 0 Å². The predicted octanol–water partition coefficient (Wildman–Crippen LogP) is 1.38. The molecule has 114 valence electrons. The standard InChI is InChI=1S/C14H17NO5S/c1-20-14(17)10-5-4-6-11(9-10)15-13(16)12-7-2-3-8-21(12,18)19/h4-6,9,12H,2-3,7-8H2,1H3,(H,15,16). The number of sulfone groups is 1. The molecule has 0 bridgehead atoms. The Morgan fingerprint density at radius 2 is 2.05 bits per heavy atom. The molecule has 1 amide bonds. The molecule has 1 heterocycles. The zero-order chi connectivity index (χ0) is 15.5. The van der Waals surface area contributed by atoms with Crippen LogP contribution >= 0.6 is 0 Å². The van der Waals surface area contributed by atoms with Crippen molar-refractivity contribution < 1.29 is 22.7 Å². The molecule has 0 radical (unpaired) electrons. The average Bonchev–Trinajstić information content (AvgIpc) is 2.46. The first-order valence-corrected chi connectivity index (χ1v) is 8.36. The van der Waals surface area contributed by atoms with E-state index in [2.05, 4.69) is 10.1 Å². The highest BCUT2D eigenvalue weighted by Crippen LogP contribution is 2.21.